The molecule has 1 aromatic carbocycles. The molecular weight excluding hydrogens is 264 g/mol. The van der Waals surface area contributed by atoms with E-state index >= 15 is 0 Å². The van der Waals surface area contributed by atoms with E-state index in [1.54, 1.807) is 12.1 Å². The molecule has 1 aliphatic carbocycles. The third-order valence-electron chi connectivity index (χ3n) is 4.86. The molecule has 1 saturated carbocycles. The number of nitriles is 1. The molecule has 1 aromatic rings. The van der Waals surface area contributed by atoms with Gasteiger partial charge in [0.2, 0.25) is 0 Å². The molecule has 2 rings (SSSR count). The summed E-state index contributed by atoms with van der Waals surface area (Å²) in [5.41, 5.74) is 0.833. The van der Waals surface area contributed by atoms with Gasteiger partial charge >= 0.3 is 0 Å². The summed E-state index contributed by atoms with van der Waals surface area (Å²) in [6, 6.07) is 9.15. The number of hydrogen-bond acceptors (Lipinski definition) is 3. The van der Waals surface area contributed by atoms with E-state index in [2.05, 4.69) is 19.9 Å². The van der Waals surface area contributed by atoms with E-state index in [0.717, 1.165) is 37.2 Å². The molecule has 1 aliphatic rings. The zero-order valence-electron chi connectivity index (χ0n) is 12.7. The number of benzene rings is 1. The minimum absolute atomic E-state index is 0.105. The molecule has 0 spiro atoms. The van der Waals surface area contributed by atoms with Gasteiger partial charge in [-0.25, -0.2) is 0 Å². The Hall–Kier alpha value is -1.89. The first-order valence-corrected chi connectivity index (χ1v) is 7.60. The first-order chi connectivity index (χ1) is 9.96. The van der Waals surface area contributed by atoms with E-state index in [1.807, 2.05) is 0 Å². The van der Waals surface area contributed by atoms with Gasteiger partial charge in [-0.05, 0) is 49.5 Å². The maximum Gasteiger partial charge on any atom is 0.269 e. The van der Waals surface area contributed by atoms with Crippen LogP contribution in [0.15, 0.2) is 24.3 Å². The van der Waals surface area contributed by atoms with Crippen molar-refractivity contribution in [3.05, 3.63) is 39.9 Å². The maximum absolute atomic E-state index is 10.7. The zero-order valence-corrected chi connectivity index (χ0v) is 12.7. The van der Waals surface area contributed by atoms with Gasteiger partial charge < -0.3 is 0 Å². The zero-order chi connectivity index (χ0) is 15.5. The molecule has 0 saturated heterocycles. The molecule has 0 heterocycles. The molecule has 0 unspecified atom stereocenters. The summed E-state index contributed by atoms with van der Waals surface area (Å²) < 4.78 is 0. The first-order valence-electron chi connectivity index (χ1n) is 7.60. The van der Waals surface area contributed by atoms with Crippen LogP contribution in [0.5, 0.6) is 0 Å². The van der Waals surface area contributed by atoms with Crippen LogP contribution in [0, 0.1) is 38.7 Å². The Morgan fingerprint density at radius 3 is 2.33 bits per heavy atom. The van der Waals surface area contributed by atoms with Crippen molar-refractivity contribution in [3.8, 4) is 6.07 Å². The van der Waals surface area contributed by atoms with Crippen LogP contribution >= 0.6 is 0 Å². The molecule has 0 N–H and O–H groups in total. The smallest absolute Gasteiger partial charge is 0.258 e. The Balaban J connectivity index is 2.06. The van der Waals surface area contributed by atoms with Gasteiger partial charge in [0.05, 0.1) is 16.4 Å². The molecular formula is C17H22N2O2. The van der Waals surface area contributed by atoms with Crippen LogP contribution in [0.2, 0.25) is 0 Å². The summed E-state index contributed by atoms with van der Waals surface area (Å²) in [6.45, 7) is 4.50. The summed E-state index contributed by atoms with van der Waals surface area (Å²) in [4.78, 5) is 10.3. The SMILES string of the molecule is CC(C)C1CCC(C#N)(Cc2ccc([N+](=O)[O-])cc2)CC1. The molecule has 112 valence electrons. The summed E-state index contributed by atoms with van der Waals surface area (Å²) in [7, 11) is 0. The topological polar surface area (TPSA) is 66.9 Å². The standard InChI is InChI=1S/C17H22N2O2/c1-13(2)15-7-9-17(12-18,10-8-15)11-14-3-5-16(6-4-14)19(20)21/h3-6,13,15H,7-11H2,1-2H3. The predicted octanol–water partition coefficient (Wildman–Crippen LogP) is 4.49. The van der Waals surface area contributed by atoms with Gasteiger partial charge in [0.15, 0.2) is 0 Å². The quantitative estimate of drug-likeness (QED) is 0.604. The molecule has 0 atom stereocenters. The van der Waals surface area contributed by atoms with Gasteiger partial charge in [0, 0.05) is 12.1 Å². The van der Waals surface area contributed by atoms with Crippen LogP contribution < -0.4 is 0 Å². The molecule has 0 bridgehead atoms. The molecule has 0 amide bonds. The third-order valence-corrected chi connectivity index (χ3v) is 4.86. The van der Waals surface area contributed by atoms with Crippen LogP contribution in [0.4, 0.5) is 5.69 Å². The van der Waals surface area contributed by atoms with Crippen LogP contribution in [0.25, 0.3) is 0 Å². The number of nitrogens with zero attached hydrogens (tertiary/aromatic N) is 2. The highest BCUT2D eigenvalue weighted by Crippen LogP contribution is 2.43. The fraction of sp³-hybridized carbons (Fsp3) is 0.588. The molecule has 4 heteroatoms. The Bertz CT molecular complexity index is 535. The van der Waals surface area contributed by atoms with E-state index in [-0.39, 0.29) is 11.1 Å². The number of non-ortho nitro benzene ring substituents is 1. The van der Waals surface area contributed by atoms with E-state index in [9.17, 15) is 15.4 Å². The van der Waals surface area contributed by atoms with Crippen LogP contribution in [-0.4, -0.2) is 4.92 Å². The van der Waals surface area contributed by atoms with E-state index < -0.39 is 4.92 Å². The summed E-state index contributed by atoms with van der Waals surface area (Å²) in [5, 5.41) is 20.3. The van der Waals surface area contributed by atoms with Crippen molar-refractivity contribution in [2.24, 2.45) is 17.3 Å². The minimum atomic E-state index is -0.391. The number of nitro groups is 1. The average molecular weight is 286 g/mol. The average Bonchev–Trinajstić information content (AvgIpc) is 2.48. The monoisotopic (exact) mass is 286 g/mol. The third kappa shape index (κ3) is 3.60. The lowest BCUT2D eigenvalue weighted by atomic mass is 9.66. The molecule has 0 radical (unpaired) electrons. The number of nitro benzene ring substituents is 1. The van der Waals surface area contributed by atoms with Crippen molar-refractivity contribution in [2.75, 3.05) is 0 Å². The second kappa shape index (κ2) is 6.26. The first kappa shape index (κ1) is 15.5. The van der Waals surface area contributed by atoms with Gasteiger partial charge in [-0.1, -0.05) is 26.0 Å². The normalized spacial score (nSPS) is 25.5. The van der Waals surface area contributed by atoms with Crippen molar-refractivity contribution >= 4 is 5.69 Å². The van der Waals surface area contributed by atoms with E-state index in [4.69, 9.17) is 0 Å². The minimum Gasteiger partial charge on any atom is -0.258 e. The lowest BCUT2D eigenvalue weighted by molar-refractivity contribution is -0.384. The lowest BCUT2D eigenvalue weighted by Gasteiger charge is -2.36. The van der Waals surface area contributed by atoms with Crippen molar-refractivity contribution < 1.29 is 4.92 Å². The van der Waals surface area contributed by atoms with Crippen molar-refractivity contribution in [1.29, 1.82) is 5.26 Å². The molecule has 4 nitrogen and oxygen atoms in total. The molecule has 0 aliphatic heterocycles. The van der Waals surface area contributed by atoms with Crippen LogP contribution in [0.1, 0.15) is 45.1 Å². The Labute approximate surface area is 125 Å². The molecule has 21 heavy (non-hydrogen) atoms. The van der Waals surface area contributed by atoms with Gasteiger partial charge in [-0.2, -0.15) is 5.26 Å². The van der Waals surface area contributed by atoms with Gasteiger partial charge in [-0.3, -0.25) is 10.1 Å². The summed E-state index contributed by atoms with van der Waals surface area (Å²) in [6.07, 6.45) is 4.79. The summed E-state index contributed by atoms with van der Waals surface area (Å²) in [5.74, 6) is 1.41. The Morgan fingerprint density at radius 2 is 1.90 bits per heavy atom. The Kier molecular flexibility index (Phi) is 4.62. The van der Waals surface area contributed by atoms with Gasteiger partial charge in [0.1, 0.15) is 0 Å². The summed E-state index contributed by atoms with van der Waals surface area (Å²) >= 11 is 0. The van der Waals surface area contributed by atoms with E-state index in [1.165, 1.54) is 12.1 Å². The van der Waals surface area contributed by atoms with Crippen molar-refractivity contribution in [3.63, 3.8) is 0 Å². The van der Waals surface area contributed by atoms with Crippen LogP contribution in [0.3, 0.4) is 0 Å². The van der Waals surface area contributed by atoms with Crippen molar-refractivity contribution in [2.45, 2.75) is 46.0 Å². The van der Waals surface area contributed by atoms with Gasteiger partial charge in [0.25, 0.3) is 5.69 Å². The highest BCUT2D eigenvalue weighted by molar-refractivity contribution is 5.33. The number of hydrogen-bond donors (Lipinski definition) is 0. The molecule has 0 aromatic heterocycles. The van der Waals surface area contributed by atoms with Crippen molar-refractivity contribution in [1.82, 2.24) is 0 Å². The van der Waals surface area contributed by atoms with Crippen LogP contribution in [-0.2, 0) is 6.42 Å². The second-order valence-corrected chi connectivity index (χ2v) is 6.57. The maximum atomic E-state index is 10.7. The fourth-order valence-electron chi connectivity index (χ4n) is 3.31. The highest BCUT2D eigenvalue weighted by atomic mass is 16.6. The van der Waals surface area contributed by atoms with E-state index in [0.29, 0.717) is 12.3 Å². The lowest BCUT2D eigenvalue weighted by Crippen LogP contribution is -2.30. The predicted molar refractivity (Wildman–Crippen MR) is 81.6 cm³/mol. The highest BCUT2D eigenvalue weighted by Gasteiger charge is 2.36. The second-order valence-electron chi connectivity index (χ2n) is 6.57. The van der Waals surface area contributed by atoms with Gasteiger partial charge in [-0.15, -0.1) is 0 Å². The fourth-order valence-corrected chi connectivity index (χ4v) is 3.31. The largest absolute Gasteiger partial charge is 0.269 e. The number of rotatable bonds is 4. The Morgan fingerprint density at radius 1 is 1.33 bits per heavy atom. The molecule has 1 fully saturated rings.